The highest BCUT2D eigenvalue weighted by molar-refractivity contribution is 7.79. The number of nitrogens with zero attached hydrogens (tertiary/aromatic N) is 4. The third-order valence-electron chi connectivity index (χ3n) is 5.83. The van der Waals surface area contributed by atoms with Crippen molar-refractivity contribution in [1.82, 2.24) is 19.5 Å². The van der Waals surface area contributed by atoms with Gasteiger partial charge in [0, 0.05) is 12.2 Å². The van der Waals surface area contributed by atoms with Gasteiger partial charge in [-0.25, -0.2) is 15.0 Å². The zero-order chi connectivity index (χ0) is 20.3. The highest BCUT2D eigenvalue weighted by Crippen LogP contribution is 2.41. The van der Waals surface area contributed by atoms with Crippen molar-refractivity contribution in [2.24, 2.45) is 0 Å². The number of fused-ring (bicyclic) bond motifs is 2. The van der Waals surface area contributed by atoms with Gasteiger partial charge < -0.3 is 24.4 Å². The number of hydrogen-bond donors (Lipinski definition) is 1. The van der Waals surface area contributed by atoms with E-state index in [9.17, 15) is 0 Å². The molecule has 2 fully saturated rings. The maximum atomic E-state index is 6.36. The van der Waals surface area contributed by atoms with E-state index in [1.54, 1.807) is 10.9 Å². The summed E-state index contributed by atoms with van der Waals surface area (Å²) in [5.74, 6) is 0.315. The third-order valence-corrected chi connectivity index (χ3v) is 10.5. The summed E-state index contributed by atoms with van der Waals surface area (Å²) in [6.07, 6.45) is 1.45. The Bertz CT molecular complexity index is 915. The Balaban J connectivity index is 1.60. The van der Waals surface area contributed by atoms with Crippen LogP contribution in [0.2, 0.25) is 18.1 Å². The van der Waals surface area contributed by atoms with Crippen LogP contribution in [0.5, 0.6) is 0 Å². The van der Waals surface area contributed by atoms with E-state index < -0.39 is 20.6 Å². The van der Waals surface area contributed by atoms with E-state index in [0.717, 1.165) is 0 Å². The van der Waals surface area contributed by atoms with Crippen LogP contribution in [0.3, 0.4) is 0 Å². The average Bonchev–Trinajstić information content (AvgIpc) is 3.26. The Kier molecular flexibility index (Phi) is 4.60. The monoisotopic (exact) mass is 423 g/mol. The molecule has 2 aliphatic heterocycles. The fourth-order valence-electron chi connectivity index (χ4n) is 3.15. The van der Waals surface area contributed by atoms with Gasteiger partial charge in [0.1, 0.15) is 17.9 Å². The van der Waals surface area contributed by atoms with Gasteiger partial charge in [-0.3, -0.25) is 4.57 Å². The summed E-state index contributed by atoms with van der Waals surface area (Å²) < 4.78 is 25.9. The number of nitrogen functional groups attached to an aromatic ring is 1. The minimum Gasteiger partial charge on any atom is -0.447 e. The van der Waals surface area contributed by atoms with Gasteiger partial charge in [0.05, 0.1) is 12.9 Å². The number of anilines is 1. The van der Waals surface area contributed by atoms with E-state index in [1.807, 2.05) is 0 Å². The summed E-state index contributed by atoms with van der Waals surface area (Å²) in [7, 11) is -1.94. The normalized spacial score (nSPS) is 27.7. The summed E-state index contributed by atoms with van der Waals surface area (Å²) in [6, 6.07) is 0. The molecule has 152 valence electrons. The van der Waals surface area contributed by atoms with Crippen LogP contribution in [-0.2, 0) is 18.6 Å². The highest BCUT2D eigenvalue weighted by atomic mass is 32.1. The SMILES string of the molecule is CC(C)(C)[Si](C)(C)OCC1OC(n2cnc3c(N)ncnc32)C2OC(=S)OC12. The summed E-state index contributed by atoms with van der Waals surface area (Å²) in [5.41, 5.74) is 6.99. The zero-order valence-electron chi connectivity index (χ0n) is 16.6. The minimum atomic E-state index is -1.94. The van der Waals surface area contributed by atoms with Gasteiger partial charge in [0.25, 0.3) is 0 Å². The number of ether oxygens (including phenoxy) is 3. The van der Waals surface area contributed by atoms with Gasteiger partial charge in [-0.2, -0.15) is 0 Å². The molecule has 4 heterocycles. The molecule has 4 rings (SSSR count). The highest BCUT2D eigenvalue weighted by Gasteiger charge is 2.54. The molecule has 0 amide bonds. The molecule has 11 heteroatoms. The molecule has 2 N–H and O–H groups in total. The maximum Gasteiger partial charge on any atom is 0.353 e. The van der Waals surface area contributed by atoms with E-state index in [0.29, 0.717) is 23.6 Å². The third kappa shape index (κ3) is 3.15. The Morgan fingerprint density at radius 2 is 1.93 bits per heavy atom. The Morgan fingerprint density at radius 1 is 1.21 bits per heavy atom. The molecule has 0 bridgehead atoms. The van der Waals surface area contributed by atoms with Crippen molar-refractivity contribution >= 4 is 42.8 Å². The van der Waals surface area contributed by atoms with E-state index in [2.05, 4.69) is 48.8 Å². The number of thiocarbonyl (C=S) groups is 1. The van der Waals surface area contributed by atoms with Gasteiger partial charge in [-0.1, -0.05) is 20.8 Å². The van der Waals surface area contributed by atoms with Crippen molar-refractivity contribution in [1.29, 1.82) is 0 Å². The molecular weight excluding hydrogens is 398 g/mol. The van der Waals surface area contributed by atoms with Gasteiger partial charge in [0.2, 0.25) is 0 Å². The quantitative estimate of drug-likeness (QED) is 0.586. The van der Waals surface area contributed by atoms with E-state index >= 15 is 0 Å². The molecule has 28 heavy (non-hydrogen) atoms. The fraction of sp³-hybridized carbons (Fsp3) is 0.647. The second kappa shape index (κ2) is 6.61. The molecular formula is C17H25N5O4SSi. The Hall–Kier alpha value is -1.82. The smallest absolute Gasteiger partial charge is 0.353 e. The van der Waals surface area contributed by atoms with Crippen molar-refractivity contribution in [2.75, 3.05) is 12.3 Å². The summed E-state index contributed by atoms with van der Waals surface area (Å²) in [5, 5.41) is 0.223. The minimum absolute atomic E-state index is 0.0989. The largest absolute Gasteiger partial charge is 0.447 e. The van der Waals surface area contributed by atoms with Crippen molar-refractivity contribution in [3.8, 4) is 0 Å². The van der Waals surface area contributed by atoms with Crippen molar-refractivity contribution in [3.05, 3.63) is 12.7 Å². The maximum absolute atomic E-state index is 6.36. The van der Waals surface area contributed by atoms with Crippen LogP contribution < -0.4 is 5.73 Å². The van der Waals surface area contributed by atoms with Crippen LogP contribution >= 0.6 is 12.2 Å². The molecule has 2 aromatic heterocycles. The lowest BCUT2D eigenvalue weighted by atomic mass is 10.1. The molecule has 0 aromatic carbocycles. The van der Waals surface area contributed by atoms with Crippen LogP contribution in [0, 0.1) is 0 Å². The first-order valence-electron chi connectivity index (χ1n) is 9.18. The first-order chi connectivity index (χ1) is 13.1. The fourth-order valence-corrected chi connectivity index (χ4v) is 4.38. The Morgan fingerprint density at radius 3 is 2.64 bits per heavy atom. The molecule has 0 saturated carbocycles. The predicted octanol–water partition coefficient (Wildman–Crippen LogP) is 2.40. The lowest BCUT2D eigenvalue weighted by Crippen LogP contribution is -2.44. The number of nitrogens with two attached hydrogens (primary N) is 1. The van der Waals surface area contributed by atoms with Gasteiger partial charge in [-0.05, 0) is 18.1 Å². The molecule has 9 nitrogen and oxygen atoms in total. The molecule has 0 spiro atoms. The van der Waals surface area contributed by atoms with Crippen molar-refractivity contribution in [3.63, 3.8) is 0 Å². The molecule has 2 aliphatic rings. The number of aromatic nitrogens is 4. The van der Waals surface area contributed by atoms with Crippen molar-refractivity contribution in [2.45, 2.75) is 63.4 Å². The first kappa shape index (κ1) is 19.5. The van der Waals surface area contributed by atoms with Crippen LogP contribution in [0.4, 0.5) is 5.82 Å². The van der Waals surface area contributed by atoms with Gasteiger partial charge in [0.15, 0.2) is 38.2 Å². The lowest BCUT2D eigenvalue weighted by Gasteiger charge is -2.37. The number of rotatable bonds is 4. The second-order valence-corrected chi connectivity index (χ2v) is 13.8. The van der Waals surface area contributed by atoms with Crippen LogP contribution in [0.25, 0.3) is 11.2 Å². The molecule has 4 atom stereocenters. The topological polar surface area (TPSA) is 107 Å². The van der Waals surface area contributed by atoms with E-state index in [-0.39, 0.29) is 22.5 Å². The second-order valence-electron chi connectivity index (χ2n) is 8.63. The summed E-state index contributed by atoms with van der Waals surface area (Å²) in [6.45, 7) is 11.4. The molecule has 2 aromatic rings. The summed E-state index contributed by atoms with van der Waals surface area (Å²) >= 11 is 5.14. The zero-order valence-corrected chi connectivity index (χ0v) is 18.4. The average molecular weight is 424 g/mol. The van der Waals surface area contributed by atoms with Crippen molar-refractivity contribution < 1.29 is 18.6 Å². The molecule has 4 unspecified atom stereocenters. The van der Waals surface area contributed by atoms with Crippen LogP contribution in [0.15, 0.2) is 12.7 Å². The van der Waals surface area contributed by atoms with E-state index in [4.69, 9.17) is 36.6 Å². The lowest BCUT2D eigenvalue weighted by molar-refractivity contribution is -0.0581. The Labute approximate surface area is 169 Å². The van der Waals surface area contributed by atoms with Crippen LogP contribution in [0.1, 0.15) is 27.0 Å². The summed E-state index contributed by atoms with van der Waals surface area (Å²) in [4.78, 5) is 12.6. The van der Waals surface area contributed by atoms with Gasteiger partial charge >= 0.3 is 5.24 Å². The molecule has 0 radical (unpaired) electrons. The van der Waals surface area contributed by atoms with Gasteiger partial charge in [-0.15, -0.1) is 0 Å². The molecule has 0 aliphatic carbocycles. The first-order valence-corrected chi connectivity index (χ1v) is 12.5. The molecule has 2 saturated heterocycles. The predicted molar refractivity (Wildman–Crippen MR) is 109 cm³/mol. The standard InChI is InChI=1S/C17H25N5O4SSi/c1-17(2,3)28(4,5)23-6-9-11-12(26-16(27)25-11)15(24-9)22-8-21-10-13(18)19-7-20-14(10)22/h7-9,11-12,15H,6H2,1-5H3,(H2,18,19,20). The van der Waals surface area contributed by atoms with E-state index in [1.165, 1.54) is 6.33 Å². The van der Waals surface area contributed by atoms with Crippen LogP contribution in [-0.4, -0.2) is 58.0 Å². The number of imidazole rings is 1. The number of hydrogen-bond acceptors (Lipinski definition) is 9.